The molecule has 0 bridgehead atoms. The molecule has 2 aliphatic rings. The summed E-state index contributed by atoms with van der Waals surface area (Å²) >= 11 is 0. The van der Waals surface area contributed by atoms with Gasteiger partial charge in [-0.1, -0.05) is 30.3 Å². The highest BCUT2D eigenvalue weighted by Crippen LogP contribution is 2.29. The van der Waals surface area contributed by atoms with Gasteiger partial charge in [0.2, 0.25) is 0 Å². The minimum Gasteiger partial charge on any atom is -0.378 e. The van der Waals surface area contributed by atoms with Gasteiger partial charge in [-0.3, -0.25) is 10.1 Å². The largest absolute Gasteiger partial charge is 0.378 e. The molecule has 2 atom stereocenters. The number of benzene rings is 1. The smallest absolute Gasteiger partial charge is 0.155 e. The fourth-order valence-corrected chi connectivity index (χ4v) is 3.27. The van der Waals surface area contributed by atoms with Crippen molar-refractivity contribution in [1.82, 2.24) is 15.2 Å². The van der Waals surface area contributed by atoms with E-state index in [0.29, 0.717) is 12.0 Å². The fraction of sp³-hybridized carbons (Fsp3) is 0.389. The van der Waals surface area contributed by atoms with E-state index in [1.165, 1.54) is 19.2 Å². The second-order valence-corrected chi connectivity index (χ2v) is 6.14. The van der Waals surface area contributed by atoms with Crippen LogP contribution in [-0.2, 0) is 4.74 Å². The normalized spacial score (nSPS) is 23.9. The molecule has 1 aromatic carbocycles. The molecule has 1 N–H and O–H groups in total. The van der Waals surface area contributed by atoms with Crippen LogP contribution >= 0.6 is 0 Å². The summed E-state index contributed by atoms with van der Waals surface area (Å²) in [6.07, 6.45) is 10.8. The summed E-state index contributed by atoms with van der Waals surface area (Å²) in [4.78, 5) is 8.75. The molecule has 0 amide bonds. The van der Waals surface area contributed by atoms with Gasteiger partial charge in [0.05, 0.1) is 11.8 Å². The third-order valence-electron chi connectivity index (χ3n) is 4.49. The molecule has 4 rings (SSSR count). The minimum absolute atomic E-state index is 0.429. The van der Waals surface area contributed by atoms with Crippen molar-refractivity contribution in [3.8, 4) is 11.4 Å². The van der Waals surface area contributed by atoms with Gasteiger partial charge in [-0.2, -0.15) is 5.10 Å². The van der Waals surface area contributed by atoms with Crippen molar-refractivity contribution in [3.63, 3.8) is 0 Å². The molecule has 0 aliphatic carbocycles. The van der Waals surface area contributed by atoms with Gasteiger partial charge >= 0.3 is 0 Å². The molecule has 1 unspecified atom stereocenters. The van der Waals surface area contributed by atoms with Crippen LogP contribution in [0.1, 0.15) is 31.2 Å². The predicted molar refractivity (Wildman–Crippen MR) is 90.0 cm³/mol. The lowest BCUT2D eigenvalue weighted by molar-refractivity contribution is 0.0956. The molecule has 1 fully saturated rings. The zero-order valence-corrected chi connectivity index (χ0v) is 13.0. The van der Waals surface area contributed by atoms with E-state index < -0.39 is 0 Å². The van der Waals surface area contributed by atoms with Crippen LogP contribution in [0, 0.1) is 5.92 Å². The van der Waals surface area contributed by atoms with E-state index in [-0.39, 0.29) is 0 Å². The van der Waals surface area contributed by atoms with Crippen LogP contribution in [0.5, 0.6) is 0 Å². The van der Waals surface area contributed by atoms with Gasteiger partial charge in [0.1, 0.15) is 6.33 Å². The standard InChI is InChI=1S/C18H20N4O/c1-2-16(23-9-1)10-13-7-8-19-17(11-13)14-3-5-15(6-4-14)18-20-12-21-22-18/h3-6,8,11-13,16H,1-2,7,9-10H2,(H,20,21,22)/t13-,16?/m1/s1. The Kier molecular flexibility index (Phi) is 4.03. The molecule has 118 valence electrons. The molecule has 2 aromatic rings. The molecule has 3 heterocycles. The van der Waals surface area contributed by atoms with Crippen LogP contribution in [0.2, 0.25) is 0 Å². The van der Waals surface area contributed by atoms with E-state index in [1.54, 1.807) is 0 Å². The Bertz CT molecular complexity index is 697. The van der Waals surface area contributed by atoms with Crippen molar-refractivity contribution < 1.29 is 4.74 Å². The van der Waals surface area contributed by atoms with E-state index >= 15 is 0 Å². The number of H-pyrrole nitrogens is 1. The first-order valence-corrected chi connectivity index (χ1v) is 8.20. The number of hydrogen-bond acceptors (Lipinski definition) is 4. The van der Waals surface area contributed by atoms with Crippen LogP contribution in [0.4, 0.5) is 0 Å². The molecule has 5 heteroatoms. The van der Waals surface area contributed by atoms with Crippen LogP contribution < -0.4 is 0 Å². The topological polar surface area (TPSA) is 63.2 Å². The van der Waals surface area contributed by atoms with Gasteiger partial charge in [0.25, 0.3) is 0 Å². The van der Waals surface area contributed by atoms with Gasteiger partial charge in [-0.05, 0) is 37.2 Å². The van der Waals surface area contributed by atoms with Gasteiger partial charge in [0.15, 0.2) is 5.82 Å². The van der Waals surface area contributed by atoms with Crippen LogP contribution in [0.3, 0.4) is 0 Å². The lowest BCUT2D eigenvalue weighted by atomic mass is 9.93. The first-order valence-electron chi connectivity index (χ1n) is 8.20. The summed E-state index contributed by atoms with van der Waals surface area (Å²) in [6.45, 7) is 0.922. The van der Waals surface area contributed by atoms with Crippen molar-refractivity contribution in [2.24, 2.45) is 10.9 Å². The van der Waals surface area contributed by atoms with Crippen LogP contribution in [-0.4, -0.2) is 34.1 Å². The summed E-state index contributed by atoms with van der Waals surface area (Å²) in [6, 6.07) is 8.29. The van der Waals surface area contributed by atoms with E-state index in [1.807, 2.05) is 6.21 Å². The first-order chi connectivity index (χ1) is 11.4. The molecule has 1 aromatic heterocycles. The minimum atomic E-state index is 0.429. The number of ether oxygens (including phenoxy) is 1. The average Bonchev–Trinajstić information content (AvgIpc) is 3.29. The van der Waals surface area contributed by atoms with Gasteiger partial charge in [-0.15, -0.1) is 0 Å². The van der Waals surface area contributed by atoms with Gasteiger partial charge < -0.3 is 4.74 Å². The highest BCUT2D eigenvalue weighted by atomic mass is 16.5. The molecule has 23 heavy (non-hydrogen) atoms. The number of rotatable bonds is 4. The Morgan fingerprint density at radius 2 is 2.04 bits per heavy atom. The number of aromatic nitrogens is 3. The molecule has 5 nitrogen and oxygen atoms in total. The van der Waals surface area contributed by atoms with Crippen molar-refractivity contribution in [2.75, 3.05) is 6.61 Å². The van der Waals surface area contributed by atoms with Crippen molar-refractivity contribution in [1.29, 1.82) is 0 Å². The van der Waals surface area contributed by atoms with E-state index in [0.717, 1.165) is 42.1 Å². The third kappa shape index (κ3) is 3.24. The number of aromatic amines is 1. The Morgan fingerprint density at radius 1 is 1.17 bits per heavy atom. The Labute approximate surface area is 135 Å². The molecular formula is C18H20N4O. The zero-order chi connectivity index (χ0) is 15.5. The second-order valence-electron chi connectivity index (χ2n) is 6.14. The SMILES string of the molecule is C1=NC(c2ccc(-c3ncn[nH]3)cc2)=C[C@@H](CC2CCCO2)C1. The molecule has 1 saturated heterocycles. The highest BCUT2D eigenvalue weighted by molar-refractivity contribution is 5.77. The summed E-state index contributed by atoms with van der Waals surface area (Å²) in [5.41, 5.74) is 3.23. The van der Waals surface area contributed by atoms with Crippen molar-refractivity contribution in [2.45, 2.75) is 31.8 Å². The average molecular weight is 308 g/mol. The van der Waals surface area contributed by atoms with Gasteiger partial charge in [0, 0.05) is 18.4 Å². The van der Waals surface area contributed by atoms with Crippen LogP contribution in [0.25, 0.3) is 17.1 Å². The summed E-state index contributed by atoms with van der Waals surface area (Å²) in [5, 5.41) is 6.77. The molecule has 2 aliphatic heterocycles. The molecule has 0 radical (unpaired) electrons. The summed E-state index contributed by atoms with van der Waals surface area (Å²) in [5.74, 6) is 1.31. The maximum atomic E-state index is 5.76. The summed E-state index contributed by atoms with van der Waals surface area (Å²) < 4.78 is 5.76. The second kappa shape index (κ2) is 6.46. The Morgan fingerprint density at radius 3 is 2.78 bits per heavy atom. The first kappa shape index (κ1) is 14.3. The number of allylic oxidation sites excluding steroid dienone is 1. The molecule has 0 spiro atoms. The quantitative estimate of drug-likeness (QED) is 0.940. The predicted octanol–water partition coefficient (Wildman–Crippen LogP) is 3.47. The number of hydrogen-bond donors (Lipinski definition) is 1. The molecular weight excluding hydrogens is 288 g/mol. The van der Waals surface area contributed by atoms with Crippen LogP contribution in [0.15, 0.2) is 41.7 Å². The third-order valence-corrected chi connectivity index (χ3v) is 4.49. The molecule has 0 saturated carbocycles. The summed E-state index contributed by atoms with van der Waals surface area (Å²) in [7, 11) is 0. The lowest BCUT2D eigenvalue weighted by Gasteiger charge is -2.19. The maximum absolute atomic E-state index is 5.76. The Hall–Kier alpha value is -2.27. The number of nitrogens with one attached hydrogen (secondary N) is 1. The maximum Gasteiger partial charge on any atom is 0.155 e. The van der Waals surface area contributed by atoms with Crippen molar-refractivity contribution >= 4 is 11.9 Å². The monoisotopic (exact) mass is 308 g/mol. The van der Waals surface area contributed by atoms with E-state index in [4.69, 9.17) is 4.74 Å². The lowest BCUT2D eigenvalue weighted by Crippen LogP contribution is -2.13. The van der Waals surface area contributed by atoms with Crippen molar-refractivity contribution in [3.05, 3.63) is 42.2 Å². The van der Waals surface area contributed by atoms with E-state index in [2.05, 4.69) is 50.5 Å². The highest BCUT2D eigenvalue weighted by Gasteiger charge is 2.21. The Balaban J connectivity index is 1.49. The van der Waals surface area contributed by atoms with Gasteiger partial charge in [-0.25, -0.2) is 4.98 Å². The number of aliphatic imine (C=N–C) groups is 1. The zero-order valence-electron chi connectivity index (χ0n) is 13.0. The van der Waals surface area contributed by atoms with E-state index in [9.17, 15) is 0 Å². The number of nitrogens with zero attached hydrogens (tertiary/aromatic N) is 3. The fourth-order valence-electron chi connectivity index (χ4n) is 3.27.